The van der Waals surface area contributed by atoms with E-state index in [1.165, 1.54) is 12.1 Å². The summed E-state index contributed by atoms with van der Waals surface area (Å²) in [5.41, 5.74) is 0.846. The van der Waals surface area contributed by atoms with Gasteiger partial charge in [-0.2, -0.15) is 0 Å². The van der Waals surface area contributed by atoms with Crippen molar-refractivity contribution >= 4 is 0 Å². The second-order valence-corrected chi connectivity index (χ2v) is 4.94. The van der Waals surface area contributed by atoms with E-state index in [0.717, 1.165) is 12.2 Å². The molecule has 0 saturated carbocycles. The molecule has 4 heteroatoms. The maximum Gasteiger partial charge on any atom is 0.123 e. The zero-order valence-corrected chi connectivity index (χ0v) is 12.0. The predicted octanol–water partition coefficient (Wildman–Crippen LogP) is 2.78. The Labute approximate surface area is 115 Å². The number of halogens is 1. The summed E-state index contributed by atoms with van der Waals surface area (Å²) in [5.74, 6) is 0.287. The number of benzene rings is 1. The van der Waals surface area contributed by atoms with E-state index >= 15 is 0 Å². The van der Waals surface area contributed by atoms with Crippen LogP contribution in [-0.4, -0.2) is 33.4 Å². The number of ether oxygens (including phenoxy) is 2. The van der Waals surface area contributed by atoms with Gasteiger partial charge in [-0.1, -0.05) is 26.0 Å². The van der Waals surface area contributed by atoms with Crippen LogP contribution >= 0.6 is 0 Å². The molecule has 1 unspecified atom stereocenters. The zero-order chi connectivity index (χ0) is 14.1. The van der Waals surface area contributed by atoms with Crippen LogP contribution in [0, 0.1) is 11.7 Å². The third-order valence-corrected chi connectivity index (χ3v) is 2.61. The number of hydrogen-bond acceptors (Lipinski definition) is 3. The highest BCUT2D eigenvalue weighted by molar-refractivity contribution is 5.19. The molecule has 0 aliphatic heterocycles. The van der Waals surface area contributed by atoms with Crippen molar-refractivity contribution in [3.8, 4) is 0 Å². The number of hydrogen-bond donors (Lipinski definition) is 1. The fraction of sp³-hybridized carbons (Fsp3) is 0.600. The minimum Gasteiger partial charge on any atom is -0.379 e. The number of nitrogens with one attached hydrogen (secondary N) is 1. The maximum atomic E-state index is 13.2. The van der Waals surface area contributed by atoms with E-state index in [2.05, 4.69) is 19.2 Å². The molecule has 0 fully saturated rings. The van der Waals surface area contributed by atoms with Gasteiger partial charge in [-0.25, -0.2) is 4.39 Å². The highest BCUT2D eigenvalue weighted by Crippen LogP contribution is 2.17. The van der Waals surface area contributed by atoms with Gasteiger partial charge in [0.15, 0.2) is 0 Å². The molecule has 1 N–H and O–H groups in total. The summed E-state index contributed by atoms with van der Waals surface area (Å²) in [4.78, 5) is 0. The third-order valence-electron chi connectivity index (χ3n) is 2.61. The normalized spacial score (nSPS) is 12.9. The zero-order valence-electron chi connectivity index (χ0n) is 12.0. The molecule has 0 amide bonds. The minimum atomic E-state index is -0.238. The lowest BCUT2D eigenvalue weighted by molar-refractivity contribution is -0.000757. The molecule has 0 saturated heterocycles. The van der Waals surface area contributed by atoms with Gasteiger partial charge in [0.25, 0.3) is 0 Å². The highest BCUT2D eigenvalue weighted by Gasteiger charge is 2.11. The third kappa shape index (κ3) is 6.66. The predicted molar refractivity (Wildman–Crippen MR) is 74.7 cm³/mol. The van der Waals surface area contributed by atoms with Gasteiger partial charge in [-0.15, -0.1) is 0 Å². The Morgan fingerprint density at radius 1 is 1.26 bits per heavy atom. The van der Waals surface area contributed by atoms with Crippen molar-refractivity contribution in [1.29, 1.82) is 0 Å². The van der Waals surface area contributed by atoms with Crippen molar-refractivity contribution in [3.63, 3.8) is 0 Å². The van der Waals surface area contributed by atoms with E-state index in [9.17, 15) is 4.39 Å². The van der Waals surface area contributed by atoms with E-state index in [1.54, 1.807) is 6.07 Å². The smallest absolute Gasteiger partial charge is 0.123 e. The lowest BCUT2D eigenvalue weighted by Gasteiger charge is -2.18. The Kier molecular flexibility index (Phi) is 7.63. The first-order valence-corrected chi connectivity index (χ1v) is 6.73. The molecule has 0 aliphatic carbocycles. The van der Waals surface area contributed by atoms with Crippen molar-refractivity contribution in [1.82, 2.24) is 5.32 Å². The van der Waals surface area contributed by atoms with Crippen LogP contribution < -0.4 is 5.32 Å². The topological polar surface area (TPSA) is 30.5 Å². The lowest BCUT2D eigenvalue weighted by atomic mass is 10.1. The second-order valence-electron chi connectivity index (χ2n) is 4.94. The van der Waals surface area contributed by atoms with Gasteiger partial charge in [0.1, 0.15) is 5.82 Å². The van der Waals surface area contributed by atoms with Crippen LogP contribution in [0.25, 0.3) is 0 Å². The van der Waals surface area contributed by atoms with Gasteiger partial charge >= 0.3 is 0 Å². The van der Waals surface area contributed by atoms with Gasteiger partial charge in [-0.05, 0) is 30.7 Å². The standard InChI is InChI=1S/C15H24FNO2/c1-12(2)11-18-7-8-19-15(10-17-3)13-5-4-6-14(16)9-13/h4-6,9,12,15,17H,7-8,10-11H2,1-3H3. The highest BCUT2D eigenvalue weighted by atomic mass is 19.1. The van der Waals surface area contributed by atoms with Crippen LogP contribution in [0.1, 0.15) is 25.5 Å². The molecular formula is C15H24FNO2. The first-order chi connectivity index (χ1) is 9.13. The van der Waals surface area contributed by atoms with Crippen molar-refractivity contribution in [3.05, 3.63) is 35.6 Å². The maximum absolute atomic E-state index is 13.2. The summed E-state index contributed by atoms with van der Waals surface area (Å²) >= 11 is 0. The average molecular weight is 269 g/mol. The SMILES string of the molecule is CNCC(OCCOCC(C)C)c1cccc(F)c1. The molecule has 0 aromatic heterocycles. The van der Waals surface area contributed by atoms with Crippen molar-refractivity contribution in [2.75, 3.05) is 33.4 Å². The summed E-state index contributed by atoms with van der Waals surface area (Å²) in [5, 5.41) is 3.06. The van der Waals surface area contributed by atoms with Gasteiger partial charge in [0, 0.05) is 13.2 Å². The molecular weight excluding hydrogens is 245 g/mol. The van der Waals surface area contributed by atoms with E-state index in [1.807, 2.05) is 13.1 Å². The minimum absolute atomic E-state index is 0.150. The summed E-state index contributed by atoms with van der Waals surface area (Å²) in [6.07, 6.45) is -0.150. The van der Waals surface area contributed by atoms with Crippen LogP contribution in [0.15, 0.2) is 24.3 Å². The molecule has 1 rings (SSSR count). The van der Waals surface area contributed by atoms with E-state index in [0.29, 0.717) is 25.7 Å². The number of likely N-dealkylation sites (N-methyl/N-ethyl adjacent to an activating group) is 1. The fourth-order valence-corrected chi connectivity index (χ4v) is 1.73. The van der Waals surface area contributed by atoms with Crippen LogP contribution in [-0.2, 0) is 9.47 Å². The van der Waals surface area contributed by atoms with Crippen LogP contribution in [0.4, 0.5) is 4.39 Å². The quantitative estimate of drug-likeness (QED) is 0.699. The van der Waals surface area contributed by atoms with E-state index in [-0.39, 0.29) is 11.9 Å². The Bertz CT molecular complexity index is 358. The van der Waals surface area contributed by atoms with Crippen LogP contribution in [0.5, 0.6) is 0 Å². The van der Waals surface area contributed by atoms with Gasteiger partial charge in [-0.3, -0.25) is 0 Å². The Morgan fingerprint density at radius 3 is 2.68 bits per heavy atom. The molecule has 0 aliphatic rings. The summed E-state index contributed by atoms with van der Waals surface area (Å²) in [7, 11) is 1.85. The summed E-state index contributed by atoms with van der Waals surface area (Å²) < 4.78 is 24.4. The summed E-state index contributed by atoms with van der Waals surface area (Å²) in [6.45, 7) is 6.67. The molecule has 0 heterocycles. The van der Waals surface area contributed by atoms with Gasteiger partial charge in [0.2, 0.25) is 0 Å². The van der Waals surface area contributed by atoms with Crippen LogP contribution in [0.3, 0.4) is 0 Å². The lowest BCUT2D eigenvalue weighted by Crippen LogP contribution is -2.21. The molecule has 3 nitrogen and oxygen atoms in total. The average Bonchev–Trinajstić information content (AvgIpc) is 2.36. The first-order valence-electron chi connectivity index (χ1n) is 6.73. The van der Waals surface area contributed by atoms with Crippen molar-refractivity contribution in [2.24, 2.45) is 5.92 Å². The molecule has 0 bridgehead atoms. The Morgan fingerprint density at radius 2 is 2.05 bits per heavy atom. The van der Waals surface area contributed by atoms with Crippen molar-refractivity contribution < 1.29 is 13.9 Å². The Hall–Kier alpha value is -0.970. The molecule has 1 aromatic carbocycles. The molecule has 1 aromatic rings. The van der Waals surface area contributed by atoms with E-state index in [4.69, 9.17) is 9.47 Å². The van der Waals surface area contributed by atoms with Crippen LogP contribution in [0.2, 0.25) is 0 Å². The fourth-order valence-electron chi connectivity index (χ4n) is 1.73. The second kappa shape index (κ2) is 9.02. The molecule has 0 spiro atoms. The van der Waals surface area contributed by atoms with Gasteiger partial charge < -0.3 is 14.8 Å². The molecule has 108 valence electrons. The van der Waals surface area contributed by atoms with E-state index < -0.39 is 0 Å². The Balaban J connectivity index is 2.40. The largest absolute Gasteiger partial charge is 0.379 e. The number of rotatable bonds is 9. The molecule has 1 atom stereocenters. The van der Waals surface area contributed by atoms with Gasteiger partial charge in [0.05, 0.1) is 19.3 Å². The van der Waals surface area contributed by atoms with Crippen molar-refractivity contribution in [2.45, 2.75) is 20.0 Å². The summed E-state index contributed by atoms with van der Waals surface area (Å²) in [6, 6.07) is 6.52. The monoisotopic (exact) mass is 269 g/mol. The molecule has 19 heavy (non-hydrogen) atoms. The first kappa shape index (κ1) is 16.1. The molecule has 0 radical (unpaired) electrons.